The number of hydrogen-bond acceptors (Lipinski definition) is 5. The zero-order valence-corrected chi connectivity index (χ0v) is 17.4. The van der Waals surface area contributed by atoms with E-state index < -0.39 is 0 Å². The van der Waals surface area contributed by atoms with Gasteiger partial charge in [-0.05, 0) is 71.0 Å². The van der Waals surface area contributed by atoms with Gasteiger partial charge in [-0.2, -0.15) is 0 Å². The molecular weight excluding hydrogens is 350 g/mol. The predicted octanol–water partition coefficient (Wildman–Crippen LogP) is 2.71. The summed E-state index contributed by atoms with van der Waals surface area (Å²) in [6, 6.07) is 2.49. The summed E-state index contributed by atoms with van der Waals surface area (Å²) in [6.07, 6.45) is 10.8. The topological polar surface area (TPSA) is 61.4 Å². The normalized spacial score (nSPS) is 25.2. The van der Waals surface area contributed by atoms with E-state index in [0.29, 0.717) is 6.04 Å². The van der Waals surface area contributed by atoms with Crippen molar-refractivity contribution in [1.82, 2.24) is 20.2 Å². The third-order valence-corrected chi connectivity index (χ3v) is 7.38. The van der Waals surface area contributed by atoms with Crippen LogP contribution in [0.3, 0.4) is 0 Å². The van der Waals surface area contributed by atoms with Crippen molar-refractivity contribution in [3.8, 4) is 0 Å². The molecule has 0 aromatic carbocycles. The second-order valence-electron chi connectivity index (χ2n) is 9.35. The molecular formula is C22H35N5O. The number of aromatic nitrogens is 2. The lowest BCUT2D eigenvalue weighted by Crippen LogP contribution is -2.45. The molecule has 2 aliphatic heterocycles. The van der Waals surface area contributed by atoms with Crippen molar-refractivity contribution >= 4 is 11.9 Å². The zero-order chi connectivity index (χ0) is 19.6. The summed E-state index contributed by atoms with van der Waals surface area (Å²) >= 11 is 0. The van der Waals surface area contributed by atoms with Crippen molar-refractivity contribution in [2.45, 2.75) is 58.4 Å². The van der Waals surface area contributed by atoms with Crippen LogP contribution in [0.25, 0.3) is 0 Å². The molecule has 1 N–H and O–H groups in total. The minimum atomic E-state index is 0.0767. The first-order chi connectivity index (χ1) is 13.6. The monoisotopic (exact) mass is 385 g/mol. The Bertz CT molecular complexity index is 652. The molecule has 1 unspecified atom stereocenters. The van der Waals surface area contributed by atoms with Gasteiger partial charge in [0.1, 0.15) is 0 Å². The maximum atomic E-state index is 13.0. The molecule has 3 heterocycles. The lowest BCUT2D eigenvalue weighted by Gasteiger charge is -2.42. The number of piperidine rings is 1. The van der Waals surface area contributed by atoms with E-state index in [0.717, 1.165) is 50.8 Å². The summed E-state index contributed by atoms with van der Waals surface area (Å²) in [6.45, 7) is 9.46. The standard InChI is InChI=1S/C22H35N5O/c1-17(2)26-13-6-18(7-14-26)5-12-23-20(28)19-15-27(16-22(19)8-3-9-22)21-24-10-4-11-25-21/h4,10-11,17-19H,3,5-9,12-16H2,1-2H3,(H,23,28). The van der Waals surface area contributed by atoms with Crippen LogP contribution in [-0.4, -0.2) is 59.5 Å². The molecule has 2 saturated heterocycles. The Kier molecular flexibility index (Phi) is 5.85. The summed E-state index contributed by atoms with van der Waals surface area (Å²) in [7, 11) is 0. The number of anilines is 1. The molecule has 4 rings (SSSR count). The molecule has 0 radical (unpaired) electrons. The average molecular weight is 386 g/mol. The lowest BCUT2D eigenvalue weighted by molar-refractivity contribution is -0.129. The minimum absolute atomic E-state index is 0.0767. The molecule has 28 heavy (non-hydrogen) atoms. The maximum Gasteiger partial charge on any atom is 0.225 e. The summed E-state index contributed by atoms with van der Waals surface area (Å²) < 4.78 is 0. The molecule has 1 spiro atoms. The van der Waals surface area contributed by atoms with Gasteiger partial charge in [-0.25, -0.2) is 9.97 Å². The van der Waals surface area contributed by atoms with E-state index in [1.807, 2.05) is 6.07 Å². The Hall–Kier alpha value is -1.69. The smallest absolute Gasteiger partial charge is 0.225 e. The fourth-order valence-corrected chi connectivity index (χ4v) is 5.35. The highest BCUT2D eigenvalue weighted by molar-refractivity contribution is 5.81. The highest BCUT2D eigenvalue weighted by Crippen LogP contribution is 2.52. The van der Waals surface area contributed by atoms with E-state index in [1.54, 1.807) is 12.4 Å². The molecule has 6 nitrogen and oxygen atoms in total. The first-order valence-corrected chi connectivity index (χ1v) is 11.1. The van der Waals surface area contributed by atoms with Crippen LogP contribution in [0.5, 0.6) is 0 Å². The summed E-state index contributed by atoms with van der Waals surface area (Å²) in [5.41, 5.74) is 0.145. The third kappa shape index (κ3) is 4.02. The van der Waals surface area contributed by atoms with E-state index in [-0.39, 0.29) is 17.2 Å². The first kappa shape index (κ1) is 19.6. The van der Waals surface area contributed by atoms with Gasteiger partial charge in [-0.15, -0.1) is 0 Å². The Morgan fingerprint density at radius 3 is 2.57 bits per heavy atom. The van der Waals surface area contributed by atoms with Crippen LogP contribution in [0.4, 0.5) is 5.95 Å². The van der Waals surface area contributed by atoms with Crippen LogP contribution < -0.4 is 10.2 Å². The van der Waals surface area contributed by atoms with Crippen molar-refractivity contribution in [1.29, 1.82) is 0 Å². The van der Waals surface area contributed by atoms with Gasteiger partial charge < -0.3 is 15.1 Å². The molecule has 1 aromatic rings. The average Bonchev–Trinajstić information content (AvgIpc) is 3.11. The number of likely N-dealkylation sites (tertiary alicyclic amines) is 1. The van der Waals surface area contributed by atoms with Crippen LogP contribution in [0, 0.1) is 17.3 Å². The van der Waals surface area contributed by atoms with Gasteiger partial charge in [0, 0.05) is 43.5 Å². The Morgan fingerprint density at radius 2 is 1.96 bits per heavy atom. The van der Waals surface area contributed by atoms with E-state index in [9.17, 15) is 4.79 Å². The first-order valence-electron chi connectivity index (χ1n) is 11.1. The third-order valence-electron chi connectivity index (χ3n) is 7.38. The van der Waals surface area contributed by atoms with Crippen LogP contribution in [0.2, 0.25) is 0 Å². The van der Waals surface area contributed by atoms with E-state index >= 15 is 0 Å². The van der Waals surface area contributed by atoms with E-state index in [2.05, 4.69) is 38.9 Å². The fraction of sp³-hybridized carbons (Fsp3) is 0.773. The second-order valence-corrected chi connectivity index (χ2v) is 9.35. The van der Waals surface area contributed by atoms with E-state index in [1.165, 1.54) is 32.4 Å². The van der Waals surface area contributed by atoms with E-state index in [4.69, 9.17) is 0 Å². The molecule has 1 atom stereocenters. The molecule has 3 aliphatic rings. The fourth-order valence-electron chi connectivity index (χ4n) is 5.35. The number of hydrogen-bond donors (Lipinski definition) is 1. The van der Waals surface area contributed by atoms with Crippen LogP contribution in [0.15, 0.2) is 18.5 Å². The number of nitrogens with one attached hydrogen (secondary N) is 1. The van der Waals surface area contributed by atoms with Crippen molar-refractivity contribution in [2.75, 3.05) is 37.6 Å². The molecule has 1 amide bonds. The van der Waals surface area contributed by atoms with Gasteiger partial charge in [0.2, 0.25) is 11.9 Å². The maximum absolute atomic E-state index is 13.0. The van der Waals surface area contributed by atoms with Gasteiger partial charge >= 0.3 is 0 Å². The van der Waals surface area contributed by atoms with Crippen molar-refractivity contribution in [3.63, 3.8) is 0 Å². The Labute approximate surface area is 169 Å². The van der Waals surface area contributed by atoms with Crippen molar-refractivity contribution in [3.05, 3.63) is 18.5 Å². The summed E-state index contributed by atoms with van der Waals surface area (Å²) in [5.74, 6) is 1.84. The highest BCUT2D eigenvalue weighted by atomic mass is 16.2. The largest absolute Gasteiger partial charge is 0.356 e. The van der Waals surface area contributed by atoms with Crippen molar-refractivity contribution < 1.29 is 4.79 Å². The molecule has 3 fully saturated rings. The zero-order valence-electron chi connectivity index (χ0n) is 17.4. The molecule has 1 aliphatic carbocycles. The molecule has 1 aromatic heterocycles. The van der Waals surface area contributed by atoms with Crippen LogP contribution in [0.1, 0.15) is 52.4 Å². The Balaban J connectivity index is 1.27. The van der Waals surface area contributed by atoms with Gasteiger partial charge in [0.25, 0.3) is 0 Å². The quantitative estimate of drug-likeness (QED) is 0.816. The molecule has 154 valence electrons. The molecule has 1 saturated carbocycles. The second kappa shape index (κ2) is 8.36. The van der Waals surface area contributed by atoms with Gasteiger partial charge in [-0.3, -0.25) is 4.79 Å². The van der Waals surface area contributed by atoms with Gasteiger partial charge in [0.05, 0.1) is 5.92 Å². The minimum Gasteiger partial charge on any atom is -0.356 e. The van der Waals surface area contributed by atoms with Gasteiger partial charge in [-0.1, -0.05) is 6.42 Å². The Morgan fingerprint density at radius 1 is 1.25 bits per heavy atom. The summed E-state index contributed by atoms with van der Waals surface area (Å²) in [5, 5.41) is 3.28. The number of carbonyl (C=O) groups excluding carboxylic acids is 1. The van der Waals surface area contributed by atoms with Crippen LogP contribution in [-0.2, 0) is 4.79 Å². The number of rotatable bonds is 6. The molecule has 6 heteroatoms. The lowest BCUT2D eigenvalue weighted by atomic mass is 9.62. The molecule has 0 bridgehead atoms. The van der Waals surface area contributed by atoms with Gasteiger partial charge in [0.15, 0.2) is 0 Å². The summed E-state index contributed by atoms with van der Waals surface area (Å²) in [4.78, 5) is 26.6. The van der Waals surface area contributed by atoms with Crippen molar-refractivity contribution in [2.24, 2.45) is 17.3 Å². The number of amides is 1. The number of carbonyl (C=O) groups is 1. The van der Waals surface area contributed by atoms with Crippen LogP contribution >= 0.6 is 0 Å². The predicted molar refractivity (Wildman–Crippen MR) is 111 cm³/mol. The SMILES string of the molecule is CC(C)N1CCC(CCNC(=O)C2CN(c3ncccn3)CC23CCC3)CC1. The highest BCUT2D eigenvalue weighted by Gasteiger charge is 2.53. The number of nitrogens with zero attached hydrogens (tertiary/aromatic N) is 4.